The van der Waals surface area contributed by atoms with Crippen LogP contribution in [-0.2, 0) is 16.4 Å². The van der Waals surface area contributed by atoms with Crippen LogP contribution in [0.2, 0.25) is 5.15 Å². The number of H-pyrrole nitrogens is 1. The van der Waals surface area contributed by atoms with Gasteiger partial charge in [0.15, 0.2) is 11.0 Å². The lowest BCUT2D eigenvalue weighted by Crippen LogP contribution is -2.27. The van der Waals surface area contributed by atoms with Gasteiger partial charge in [-0.25, -0.2) is 17.8 Å². The molecule has 174 valence electrons. The minimum absolute atomic E-state index is 0.0227. The van der Waals surface area contributed by atoms with Gasteiger partial charge in [0.2, 0.25) is 9.84 Å². The smallest absolute Gasteiger partial charge is 0.270 e. The lowest BCUT2D eigenvalue weighted by molar-refractivity contribution is 0.0778. The summed E-state index contributed by atoms with van der Waals surface area (Å²) in [6.45, 7) is 4.73. The Morgan fingerprint density at radius 1 is 1.15 bits per heavy atom. The number of primary amides is 1. The highest BCUT2D eigenvalue weighted by molar-refractivity contribution is 7.91. The second-order valence-corrected chi connectivity index (χ2v) is 10.0. The van der Waals surface area contributed by atoms with Crippen molar-refractivity contribution in [2.24, 2.45) is 5.73 Å². The first-order valence-electron chi connectivity index (χ1n) is 9.74. The number of carbonyl (C=O) groups is 2. The van der Waals surface area contributed by atoms with Crippen LogP contribution < -0.4 is 5.73 Å². The molecule has 0 spiro atoms. The highest BCUT2D eigenvalue weighted by atomic mass is 35.5. The van der Waals surface area contributed by atoms with Crippen molar-refractivity contribution in [2.75, 3.05) is 7.05 Å². The summed E-state index contributed by atoms with van der Waals surface area (Å²) in [6, 6.07) is 6.13. The van der Waals surface area contributed by atoms with E-state index in [4.69, 9.17) is 17.3 Å². The van der Waals surface area contributed by atoms with E-state index < -0.39 is 33.2 Å². The molecule has 2 aromatic heterocycles. The summed E-state index contributed by atoms with van der Waals surface area (Å²) in [4.78, 5) is 32.2. The Labute approximate surface area is 195 Å². The van der Waals surface area contributed by atoms with Crippen LogP contribution in [0, 0.1) is 26.6 Å². The van der Waals surface area contributed by atoms with Crippen LogP contribution >= 0.6 is 11.6 Å². The predicted molar refractivity (Wildman–Crippen MR) is 120 cm³/mol. The molecule has 0 fully saturated rings. The first kappa shape index (κ1) is 24.4. The maximum atomic E-state index is 14.2. The molecule has 0 bridgehead atoms. The van der Waals surface area contributed by atoms with Crippen molar-refractivity contribution in [3.05, 3.63) is 75.1 Å². The monoisotopic (exact) mass is 492 g/mol. The van der Waals surface area contributed by atoms with Crippen molar-refractivity contribution in [3.8, 4) is 0 Å². The fourth-order valence-corrected chi connectivity index (χ4v) is 5.62. The van der Waals surface area contributed by atoms with E-state index >= 15 is 0 Å². The van der Waals surface area contributed by atoms with Crippen molar-refractivity contribution in [1.82, 2.24) is 14.9 Å². The predicted octanol–water partition coefficient (Wildman–Crippen LogP) is 3.33. The Kier molecular flexibility index (Phi) is 6.62. The molecule has 0 unspecified atom stereocenters. The summed E-state index contributed by atoms with van der Waals surface area (Å²) < 4.78 is 41.1. The fourth-order valence-electron chi connectivity index (χ4n) is 3.60. The van der Waals surface area contributed by atoms with E-state index in [-0.39, 0.29) is 38.3 Å². The van der Waals surface area contributed by atoms with E-state index in [2.05, 4.69) is 9.97 Å². The van der Waals surface area contributed by atoms with E-state index in [1.807, 2.05) is 6.07 Å². The van der Waals surface area contributed by atoms with Crippen molar-refractivity contribution >= 4 is 33.3 Å². The molecule has 33 heavy (non-hydrogen) atoms. The Hall–Kier alpha value is -3.24. The van der Waals surface area contributed by atoms with Gasteiger partial charge < -0.3 is 15.6 Å². The van der Waals surface area contributed by atoms with Crippen LogP contribution in [0.15, 0.2) is 40.3 Å². The number of amides is 2. The second-order valence-electron chi connectivity index (χ2n) is 7.76. The number of nitrogens with two attached hydrogens (primary N) is 1. The third kappa shape index (κ3) is 4.62. The SMILES string of the molecule is Cc1cc(C)cc(S(=O)(=O)c2c(C(N)=O)[nH]c(C(=O)N(C)Cc3ccnc(Cl)c3F)c2C)c1. The minimum Gasteiger partial charge on any atom is -0.364 e. The molecule has 3 N–H and O–H groups in total. The zero-order valence-electron chi connectivity index (χ0n) is 18.4. The number of aromatic amines is 1. The number of nitrogens with zero attached hydrogens (tertiary/aromatic N) is 2. The topological polar surface area (TPSA) is 126 Å². The molecule has 11 heteroatoms. The van der Waals surface area contributed by atoms with Gasteiger partial charge in [0.25, 0.3) is 11.8 Å². The van der Waals surface area contributed by atoms with Gasteiger partial charge in [0.05, 0.1) is 4.90 Å². The highest BCUT2D eigenvalue weighted by Crippen LogP contribution is 2.31. The summed E-state index contributed by atoms with van der Waals surface area (Å²) in [5, 5.41) is -0.331. The summed E-state index contributed by atoms with van der Waals surface area (Å²) in [6.07, 6.45) is 1.30. The normalized spacial score (nSPS) is 11.5. The summed E-state index contributed by atoms with van der Waals surface area (Å²) in [5.74, 6) is -2.46. The summed E-state index contributed by atoms with van der Waals surface area (Å²) >= 11 is 5.69. The number of halogens is 2. The average Bonchev–Trinajstić information content (AvgIpc) is 3.08. The maximum Gasteiger partial charge on any atom is 0.270 e. The number of pyridine rings is 1. The molecule has 2 amide bonds. The third-order valence-electron chi connectivity index (χ3n) is 5.11. The van der Waals surface area contributed by atoms with Crippen molar-refractivity contribution in [1.29, 1.82) is 0 Å². The number of aromatic nitrogens is 2. The fraction of sp³-hybridized carbons (Fsp3) is 0.227. The molecule has 1 aromatic carbocycles. The van der Waals surface area contributed by atoms with Gasteiger partial charge in [-0.1, -0.05) is 17.7 Å². The van der Waals surface area contributed by atoms with Gasteiger partial charge in [-0.15, -0.1) is 0 Å². The number of nitrogens with one attached hydrogen (secondary N) is 1. The molecule has 0 radical (unpaired) electrons. The second kappa shape index (κ2) is 8.95. The molecule has 0 aliphatic carbocycles. The molecule has 3 rings (SSSR count). The third-order valence-corrected chi connectivity index (χ3v) is 7.28. The first-order valence-corrected chi connectivity index (χ1v) is 11.6. The van der Waals surface area contributed by atoms with Crippen LogP contribution in [0.1, 0.15) is 43.2 Å². The van der Waals surface area contributed by atoms with Gasteiger partial charge in [-0.2, -0.15) is 0 Å². The van der Waals surface area contributed by atoms with E-state index in [9.17, 15) is 22.4 Å². The maximum absolute atomic E-state index is 14.2. The van der Waals surface area contributed by atoms with Crippen LogP contribution in [0.5, 0.6) is 0 Å². The first-order chi connectivity index (χ1) is 15.3. The molecule has 8 nitrogen and oxygen atoms in total. The molecule has 3 aromatic rings. The lowest BCUT2D eigenvalue weighted by Gasteiger charge is -2.17. The zero-order valence-corrected chi connectivity index (χ0v) is 19.9. The molecule has 0 atom stereocenters. The highest BCUT2D eigenvalue weighted by Gasteiger charge is 2.33. The van der Waals surface area contributed by atoms with Gasteiger partial charge in [-0.05, 0) is 55.7 Å². The van der Waals surface area contributed by atoms with Crippen LogP contribution in [-0.4, -0.2) is 42.1 Å². The van der Waals surface area contributed by atoms with E-state index in [1.165, 1.54) is 38.4 Å². The molecule has 0 saturated heterocycles. The largest absolute Gasteiger partial charge is 0.364 e. The van der Waals surface area contributed by atoms with Gasteiger partial charge >= 0.3 is 0 Å². The Morgan fingerprint density at radius 2 is 1.76 bits per heavy atom. The van der Waals surface area contributed by atoms with Crippen molar-refractivity contribution in [3.63, 3.8) is 0 Å². The number of hydrogen-bond acceptors (Lipinski definition) is 5. The van der Waals surface area contributed by atoms with Gasteiger partial charge in [0, 0.05) is 25.4 Å². The Morgan fingerprint density at radius 3 is 2.33 bits per heavy atom. The molecular formula is C22H22ClFN4O4S. The molecule has 0 saturated carbocycles. The lowest BCUT2D eigenvalue weighted by atomic mass is 10.2. The van der Waals surface area contributed by atoms with Gasteiger partial charge in [-0.3, -0.25) is 9.59 Å². The van der Waals surface area contributed by atoms with E-state index in [0.29, 0.717) is 0 Å². The number of aryl methyl sites for hydroxylation is 2. The van der Waals surface area contributed by atoms with Crippen LogP contribution in [0.25, 0.3) is 0 Å². The number of benzene rings is 1. The zero-order chi connectivity index (χ0) is 24.7. The Balaban J connectivity index is 2.08. The molecular weight excluding hydrogens is 471 g/mol. The van der Waals surface area contributed by atoms with Crippen molar-refractivity contribution in [2.45, 2.75) is 37.1 Å². The van der Waals surface area contributed by atoms with E-state index in [0.717, 1.165) is 16.0 Å². The minimum atomic E-state index is -4.19. The molecule has 0 aliphatic rings. The number of carbonyl (C=O) groups excluding carboxylic acids is 2. The average molecular weight is 493 g/mol. The number of sulfone groups is 1. The molecule has 2 heterocycles. The van der Waals surface area contributed by atoms with Crippen LogP contribution in [0.3, 0.4) is 0 Å². The number of rotatable bonds is 6. The standard InChI is InChI=1S/C22H22ClFN4O4S/c1-11-7-12(2)9-15(8-11)33(31,32)19-13(3)17(27-18(19)21(25)29)22(30)28(4)10-14-5-6-26-20(23)16(14)24/h5-9,27H,10H2,1-4H3,(H2,25,29). The van der Waals surface area contributed by atoms with Crippen molar-refractivity contribution < 1.29 is 22.4 Å². The quantitative estimate of drug-likeness (QED) is 0.510. The Bertz CT molecular complexity index is 1370. The molecule has 0 aliphatic heterocycles. The number of hydrogen-bond donors (Lipinski definition) is 2. The summed E-state index contributed by atoms with van der Waals surface area (Å²) in [5.41, 5.74) is 6.48. The van der Waals surface area contributed by atoms with Gasteiger partial charge in [0.1, 0.15) is 16.3 Å². The summed E-state index contributed by atoms with van der Waals surface area (Å²) in [7, 11) is -2.79. The van der Waals surface area contributed by atoms with Crippen LogP contribution in [0.4, 0.5) is 4.39 Å². The van der Waals surface area contributed by atoms with E-state index in [1.54, 1.807) is 13.8 Å².